The zero-order chi connectivity index (χ0) is 79.9. The topological polar surface area (TPSA) is 0 Å². The van der Waals surface area contributed by atoms with Crippen molar-refractivity contribution in [2.45, 2.75) is 26.2 Å². The van der Waals surface area contributed by atoms with E-state index in [0.717, 1.165) is 0 Å². The summed E-state index contributed by atoms with van der Waals surface area (Å²) in [7, 11) is 0. The summed E-state index contributed by atoms with van der Waals surface area (Å²) in [5.41, 5.74) is 19.4. The molecule has 24 aromatic carbocycles. The van der Waals surface area contributed by atoms with Crippen LogP contribution in [-0.4, -0.2) is 0 Å². The van der Waals surface area contributed by atoms with Gasteiger partial charge in [0.05, 0.1) is 0 Å². The highest BCUT2D eigenvalue weighted by Crippen LogP contribution is 2.53. The standard InChI is InChI=1S/C48H30.C38H30.C34H22/c1-3-15-33-29-35(27-25-31(33)13-1)45-37-17-5-9-21-41(37)47(42-22-10-6-18-38(42)45)48-43-23-11-7-19-39(43)46(40-20-8-12-24-44(40)48)36-28-26-32-14-2-4-16-34(32)30-36;1-38(2,3)31-20-21-34-35(24-31)37(30-19-17-26-11-5-7-13-28(26)23-30)33-15-9-8-14-32(33)36(34)29-18-16-25-10-4-6-12-27(25)22-29;1-3-11-25-21-27(19-17-23(25)9-1)33-29-13-5-7-15-31(29)34(32-16-8-6-14-30(32)33)28-20-18-24-10-2-4-12-26(24)22-28/h1-30H;4-24H,1-3H3;1-22H. The molecule has 0 fully saturated rings. The second kappa shape index (κ2) is 29.6. The van der Waals surface area contributed by atoms with Gasteiger partial charge in [0, 0.05) is 0 Å². The fourth-order valence-electron chi connectivity index (χ4n) is 19.5. The van der Waals surface area contributed by atoms with E-state index in [1.807, 2.05) is 0 Å². The second-order valence-electron chi connectivity index (χ2n) is 33.2. The van der Waals surface area contributed by atoms with E-state index in [4.69, 9.17) is 0 Å². The molecule has 0 nitrogen and oxygen atoms in total. The van der Waals surface area contributed by atoms with Gasteiger partial charge < -0.3 is 0 Å². The van der Waals surface area contributed by atoms with Gasteiger partial charge in [0.25, 0.3) is 0 Å². The van der Waals surface area contributed by atoms with Gasteiger partial charge in [0.2, 0.25) is 0 Å². The van der Waals surface area contributed by atoms with E-state index < -0.39 is 0 Å². The minimum absolute atomic E-state index is 0.0591. The molecule has 120 heavy (non-hydrogen) atoms. The van der Waals surface area contributed by atoms with Crippen molar-refractivity contribution in [1.82, 2.24) is 0 Å². The Kier molecular flexibility index (Phi) is 17.6. The summed E-state index contributed by atoms with van der Waals surface area (Å²) in [6.45, 7) is 6.90. The van der Waals surface area contributed by atoms with E-state index in [-0.39, 0.29) is 5.41 Å². The zero-order valence-corrected chi connectivity index (χ0v) is 67.1. The number of fused-ring (bicyclic) bond motifs is 14. The van der Waals surface area contributed by atoms with Crippen molar-refractivity contribution in [2.75, 3.05) is 0 Å². The average molecular weight is 1520 g/mol. The molecule has 24 rings (SSSR count). The lowest BCUT2D eigenvalue weighted by Gasteiger charge is -2.23. The molecule has 0 bridgehead atoms. The minimum Gasteiger partial charge on any atom is -0.0616 e. The Bertz CT molecular complexity index is 7760. The largest absolute Gasteiger partial charge is 0.0616 e. The van der Waals surface area contributed by atoms with Crippen molar-refractivity contribution in [1.29, 1.82) is 0 Å². The van der Waals surface area contributed by atoms with Gasteiger partial charge in [-0.15, -0.1) is 0 Å². The molecule has 0 aliphatic heterocycles. The Morgan fingerprint density at radius 1 is 0.117 bits per heavy atom. The van der Waals surface area contributed by atoms with Crippen LogP contribution in [0, 0.1) is 0 Å². The number of hydrogen-bond acceptors (Lipinski definition) is 0. The molecule has 0 unspecified atom stereocenters. The van der Waals surface area contributed by atoms with Crippen LogP contribution < -0.4 is 0 Å². The van der Waals surface area contributed by atoms with Gasteiger partial charge in [0.15, 0.2) is 0 Å². The summed E-state index contributed by atoms with van der Waals surface area (Å²) >= 11 is 0. The third kappa shape index (κ3) is 12.5. The second-order valence-corrected chi connectivity index (χ2v) is 33.2. The van der Waals surface area contributed by atoms with Crippen molar-refractivity contribution in [3.05, 3.63) is 448 Å². The normalized spacial score (nSPS) is 11.8. The van der Waals surface area contributed by atoms with Gasteiger partial charge in [-0.3, -0.25) is 0 Å². The van der Waals surface area contributed by atoms with Gasteiger partial charge in [-0.05, 0) is 282 Å². The Labute approximate surface area is 698 Å². The predicted octanol–water partition coefficient (Wildman–Crippen LogP) is 34.2. The van der Waals surface area contributed by atoms with Crippen molar-refractivity contribution >= 4 is 151 Å². The van der Waals surface area contributed by atoms with Crippen LogP contribution in [0.5, 0.6) is 0 Å². The lowest BCUT2D eigenvalue weighted by molar-refractivity contribution is 0.591. The molecule has 0 N–H and O–H groups in total. The van der Waals surface area contributed by atoms with E-state index in [1.54, 1.807) is 0 Å². The maximum atomic E-state index is 2.44. The predicted molar refractivity (Wildman–Crippen MR) is 521 cm³/mol. The van der Waals surface area contributed by atoms with Gasteiger partial charge in [-0.25, -0.2) is 0 Å². The van der Waals surface area contributed by atoms with E-state index in [0.29, 0.717) is 0 Å². The Balaban J connectivity index is 0.000000110. The molecule has 0 atom stereocenters. The Hall–Kier alpha value is -15.1. The van der Waals surface area contributed by atoms with Crippen LogP contribution in [0.1, 0.15) is 26.3 Å². The van der Waals surface area contributed by atoms with Crippen LogP contribution >= 0.6 is 0 Å². The molecular weight excluding hydrogens is 1440 g/mol. The van der Waals surface area contributed by atoms with E-state index in [1.165, 1.54) is 234 Å². The summed E-state index contributed by atoms with van der Waals surface area (Å²) in [6.07, 6.45) is 0. The molecule has 0 aliphatic rings. The van der Waals surface area contributed by atoms with E-state index in [9.17, 15) is 0 Å². The molecule has 0 aromatic heterocycles. The van der Waals surface area contributed by atoms with Gasteiger partial charge in [-0.2, -0.15) is 0 Å². The van der Waals surface area contributed by atoms with Crippen LogP contribution in [0.4, 0.5) is 0 Å². The molecule has 0 aliphatic carbocycles. The average Bonchev–Trinajstić information content (AvgIpc) is 0.715. The van der Waals surface area contributed by atoms with Gasteiger partial charge in [0.1, 0.15) is 0 Å². The molecule has 0 heterocycles. The highest BCUT2D eigenvalue weighted by molar-refractivity contribution is 6.31. The van der Waals surface area contributed by atoms with Crippen LogP contribution in [0.2, 0.25) is 0 Å². The van der Waals surface area contributed by atoms with Crippen molar-refractivity contribution in [3.63, 3.8) is 0 Å². The highest BCUT2D eigenvalue weighted by atomic mass is 14.3. The summed E-state index contributed by atoms with van der Waals surface area (Å²) in [6, 6.07) is 163. The Morgan fingerprint density at radius 3 is 0.450 bits per heavy atom. The number of rotatable bonds is 7. The first-order valence-electron chi connectivity index (χ1n) is 41.9. The molecule has 0 saturated heterocycles. The Morgan fingerprint density at radius 2 is 0.267 bits per heavy atom. The smallest absolute Gasteiger partial charge is 0.00139 e. The fourth-order valence-corrected chi connectivity index (χ4v) is 19.5. The molecule has 0 spiro atoms. The van der Waals surface area contributed by atoms with E-state index in [2.05, 4.69) is 464 Å². The molecule has 562 valence electrons. The van der Waals surface area contributed by atoms with Crippen LogP contribution in [0.15, 0.2) is 443 Å². The number of hydrogen-bond donors (Lipinski definition) is 0. The van der Waals surface area contributed by atoms with E-state index >= 15 is 0 Å². The number of benzene rings is 24. The summed E-state index contributed by atoms with van der Waals surface area (Å²) in [5.74, 6) is 0. The first-order chi connectivity index (χ1) is 59.2. The lowest BCUT2D eigenvalue weighted by atomic mass is 9.81. The highest BCUT2D eigenvalue weighted by Gasteiger charge is 2.26. The van der Waals surface area contributed by atoms with Crippen LogP contribution in [-0.2, 0) is 5.41 Å². The third-order valence-corrected chi connectivity index (χ3v) is 25.2. The SMILES string of the molecule is CC(C)(C)c1ccc2c(-c3ccc4ccccc4c3)c3ccccc3c(-c3ccc4ccccc4c3)c2c1.c1ccc2cc(-c3c4ccccc4c(-c4c5ccccc5c(-c5ccc6ccccc6c5)c5ccccc45)c4ccccc34)ccc2c1.c1ccc2cc(-c3c4ccccc4c(-c4ccc5ccccc5c4)c4ccccc34)ccc2c1. The maximum absolute atomic E-state index is 2.44. The van der Waals surface area contributed by atoms with Gasteiger partial charge >= 0.3 is 0 Å². The molecular formula is C120H82. The first-order valence-corrected chi connectivity index (χ1v) is 41.9. The van der Waals surface area contributed by atoms with Crippen molar-refractivity contribution < 1.29 is 0 Å². The zero-order valence-electron chi connectivity index (χ0n) is 67.1. The van der Waals surface area contributed by atoms with Crippen LogP contribution in [0.3, 0.4) is 0 Å². The molecule has 24 aromatic rings. The van der Waals surface area contributed by atoms with Gasteiger partial charge in [-0.1, -0.05) is 421 Å². The maximum Gasteiger partial charge on any atom is -0.00139 e. The quantitative estimate of drug-likeness (QED) is 0.140. The summed E-state index contributed by atoms with van der Waals surface area (Å²) < 4.78 is 0. The molecule has 0 heteroatoms. The van der Waals surface area contributed by atoms with Crippen molar-refractivity contribution in [3.8, 4) is 77.9 Å². The molecule has 0 radical (unpaired) electrons. The van der Waals surface area contributed by atoms with Crippen LogP contribution in [0.25, 0.3) is 229 Å². The molecule has 0 amide bonds. The summed E-state index contributed by atoms with van der Waals surface area (Å²) in [5, 5.41) is 35.7. The molecule has 0 saturated carbocycles. The summed E-state index contributed by atoms with van der Waals surface area (Å²) in [4.78, 5) is 0. The lowest BCUT2D eigenvalue weighted by Crippen LogP contribution is -2.10. The third-order valence-electron chi connectivity index (χ3n) is 25.2. The van der Waals surface area contributed by atoms with Crippen molar-refractivity contribution in [2.24, 2.45) is 0 Å². The minimum atomic E-state index is 0.0591. The first kappa shape index (κ1) is 71.5. The monoisotopic (exact) mass is 1520 g/mol. The fraction of sp³-hybridized carbons (Fsp3) is 0.0333.